The Morgan fingerprint density at radius 3 is 1.31 bits per heavy atom. The minimum atomic E-state index is -1.01. The maximum absolute atomic E-state index is 13.4. The van der Waals surface area contributed by atoms with E-state index >= 15 is 0 Å². The van der Waals surface area contributed by atoms with Gasteiger partial charge in [0.05, 0.1) is 54.1 Å². The van der Waals surface area contributed by atoms with Crippen LogP contribution in [0.2, 0.25) is 0 Å². The summed E-state index contributed by atoms with van der Waals surface area (Å²) in [6, 6.07) is 0. The van der Waals surface area contributed by atoms with Crippen LogP contribution in [0.5, 0.6) is 0 Å². The zero-order valence-corrected chi connectivity index (χ0v) is 28.8. The number of nitrogens with zero attached hydrogens (tertiary/aromatic N) is 4. The zero-order valence-electron chi connectivity index (χ0n) is 28.8. The van der Waals surface area contributed by atoms with E-state index in [1.54, 1.807) is 0 Å². The number of nitrogens with one attached hydrogen (secondary N) is 1. The molecule has 3 N–H and O–H groups in total. The maximum Gasteiger partial charge on any atom is 0.325 e. The molecule has 4 amide bonds. The number of nitrogens with two attached hydrogens (primary N) is 1. The number of Topliss-reactive ketones (excluding diaryl/α,β-unsaturated/α-hetero) is 3. The quantitative estimate of drug-likeness (QED) is 0.0350. The third-order valence-electron chi connectivity index (χ3n) is 6.80. The van der Waals surface area contributed by atoms with E-state index in [0.717, 1.165) is 36.0 Å². The molecule has 0 heterocycles. The largest absolute Gasteiger partial charge is 0.468 e. The molecular formula is C30H44N6O15. The normalized spacial score (nSPS) is 10.2. The van der Waals surface area contributed by atoms with Crippen LogP contribution < -0.4 is 11.2 Å². The first-order chi connectivity index (χ1) is 24.1. The molecule has 51 heavy (non-hydrogen) atoms. The summed E-state index contributed by atoms with van der Waals surface area (Å²) < 4.78 is 13.5. The molecule has 0 aliphatic rings. The Labute approximate surface area is 293 Å². The Balaban J connectivity index is 5.89. The van der Waals surface area contributed by atoms with Gasteiger partial charge in [-0.2, -0.15) is 0 Å². The molecule has 0 spiro atoms. The van der Waals surface area contributed by atoms with E-state index in [4.69, 9.17) is 5.73 Å². The van der Waals surface area contributed by atoms with E-state index in [9.17, 15) is 57.5 Å². The third kappa shape index (κ3) is 19.4. The topological polar surface area (TPSA) is 284 Å². The highest BCUT2D eigenvalue weighted by Crippen LogP contribution is 2.05. The Morgan fingerprint density at radius 1 is 0.510 bits per heavy atom. The average Bonchev–Trinajstić information content (AvgIpc) is 3.11. The van der Waals surface area contributed by atoms with Crippen LogP contribution in [0, 0.1) is 0 Å². The summed E-state index contributed by atoms with van der Waals surface area (Å²) >= 11 is 0. The molecule has 0 aromatic carbocycles. The number of ether oxygens (including phenoxy) is 3. The number of hydrogen-bond donors (Lipinski definition) is 2. The fourth-order valence-electron chi connectivity index (χ4n) is 3.91. The average molecular weight is 729 g/mol. The lowest BCUT2D eigenvalue weighted by Crippen LogP contribution is -2.52. The Morgan fingerprint density at radius 2 is 0.902 bits per heavy atom. The highest BCUT2D eigenvalue weighted by molar-refractivity contribution is 5.94. The lowest BCUT2D eigenvalue weighted by molar-refractivity contribution is -0.151. The zero-order chi connectivity index (χ0) is 38.9. The van der Waals surface area contributed by atoms with Crippen LogP contribution in [0.15, 0.2) is 0 Å². The van der Waals surface area contributed by atoms with Crippen molar-refractivity contribution in [3.05, 3.63) is 0 Å². The van der Waals surface area contributed by atoms with Gasteiger partial charge >= 0.3 is 17.9 Å². The number of carbonyl (C=O) groups is 12. The van der Waals surface area contributed by atoms with Crippen LogP contribution in [-0.2, 0) is 71.7 Å². The molecule has 0 unspecified atom stereocenters. The molecule has 0 aromatic heterocycles. The summed E-state index contributed by atoms with van der Waals surface area (Å²) in [5.41, 5.74) is 7.70. The van der Waals surface area contributed by atoms with Crippen molar-refractivity contribution < 1.29 is 71.7 Å². The van der Waals surface area contributed by atoms with Crippen LogP contribution in [0.3, 0.4) is 0 Å². The number of rotatable bonds is 27. The van der Waals surface area contributed by atoms with E-state index in [1.165, 1.54) is 0 Å². The van der Waals surface area contributed by atoms with Crippen LogP contribution in [-0.4, -0.2) is 171 Å². The summed E-state index contributed by atoms with van der Waals surface area (Å²) in [6.45, 7) is -5.32. The van der Waals surface area contributed by atoms with Crippen LogP contribution in [0.25, 0.3) is 0 Å². The second-order valence-electron chi connectivity index (χ2n) is 10.5. The molecule has 0 atom stereocenters. The number of carbonyl (C=O) groups excluding carboxylic acids is 12. The second-order valence-corrected chi connectivity index (χ2v) is 10.5. The molecule has 0 aliphatic heterocycles. The standard InChI is InChI=1S/C30H44N6O15/c1-49-28(46)18-33(10-12-37)24(42)8-5-22(40)15-32-36(16-23(41)6-9-25(43)34(11-13-38)19-29(47)50-2)27(45)17-35(20-30(48)51-3)26(44)7-4-21(39)14-31/h12-13,32H,4-11,14-20,31H2,1-3H3. The van der Waals surface area contributed by atoms with Crippen LogP contribution in [0.4, 0.5) is 0 Å². The fourth-order valence-corrected chi connectivity index (χ4v) is 3.91. The van der Waals surface area contributed by atoms with Crippen molar-refractivity contribution in [2.24, 2.45) is 5.73 Å². The molecular weight excluding hydrogens is 684 g/mol. The molecule has 284 valence electrons. The van der Waals surface area contributed by atoms with Gasteiger partial charge in [0.1, 0.15) is 50.3 Å². The van der Waals surface area contributed by atoms with Crippen LogP contribution >= 0.6 is 0 Å². The highest BCUT2D eigenvalue weighted by Gasteiger charge is 2.27. The molecule has 0 radical (unpaired) electrons. The monoisotopic (exact) mass is 728 g/mol. The van der Waals surface area contributed by atoms with Crippen molar-refractivity contribution >= 4 is 71.5 Å². The lowest BCUT2D eigenvalue weighted by Gasteiger charge is -2.27. The molecule has 0 saturated heterocycles. The Kier molecular flexibility index (Phi) is 22.8. The minimum absolute atomic E-state index is 0.288. The van der Waals surface area contributed by atoms with Gasteiger partial charge < -0.3 is 44.2 Å². The second kappa shape index (κ2) is 25.5. The third-order valence-corrected chi connectivity index (χ3v) is 6.80. The van der Waals surface area contributed by atoms with E-state index in [1.807, 2.05) is 0 Å². The van der Waals surface area contributed by atoms with Gasteiger partial charge in [0.25, 0.3) is 5.91 Å². The number of methoxy groups -OCH3 is 3. The van der Waals surface area contributed by atoms with Crippen LogP contribution in [0.1, 0.15) is 38.5 Å². The predicted molar refractivity (Wildman–Crippen MR) is 169 cm³/mol. The minimum Gasteiger partial charge on any atom is -0.468 e. The Hall–Kier alpha value is -5.44. The van der Waals surface area contributed by atoms with Crippen molar-refractivity contribution in [2.75, 3.05) is 80.2 Å². The summed E-state index contributed by atoms with van der Waals surface area (Å²) in [6.07, 6.45) is -1.82. The summed E-state index contributed by atoms with van der Waals surface area (Å²) in [5.74, 6) is -7.72. The maximum atomic E-state index is 13.4. The first-order valence-electron chi connectivity index (χ1n) is 15.4. The number of esters is 3. The van der Waals surface area contributed by atoms with Crippen molar-refractivity contribution in [3.63, 3.8) is 0 Å². The van der Waals surface area contributed by atoms with Gasteiger partial charge in [0.2, 0.25) is 17.7 Å². The van der Waals surface area contributed by atoms with Gasteiger partial charge in [-0.05, 0) is 0 Å². The highest BCUT2D eigenvalue weighted by atomic mass is 16.5. The smallest absolute Gasteiger partial charge is 0.325 e. The van der Waals surface area contributed by atoms with Crippen molar-refractivity contribution in [3.8, 4) is 0 Å². The molecule has 21 nitrogen and oxygen atoms in total. The predicted octanol–water partition coefficient (Wildman–Crippen LogP) is -4.27. The molecule has 0 aromatic rings. The molecule has 0 rings (SSSR count). The lowest BCUT2D eigenvalue weighted by atomic mass is 10.2. The first-order valence-corrected chi connectivity index (χ1v) is 15.4. The van der Waals surface area contributed by atoms with Crippen molar-refractivity contribution in [2.45, 2.75) is 38.5 Å². The van der Waals surface area contributed by atoms with Crippen molar-refractivity contribution in [1.29, 1.82) is 0 Å². The number of amides is 4. The molecule has 21 heteroatoms. The number of hydrazine groups is 1. The van der Waals surface area contributed by atoms with E-state index in [-0.39, 0.29) is 13.0 Å². The summed E-state index contributed by atoms with van der Waals surface area (Å²) in [5, 5.41) is 0.655. The van der Waals surface area contributed by atoms with Gasteiger partial charge in [-0.15, -0.1) is 0 Å². The van der Waals surface area contributed by atoms with Gasteiger partial charge in [-0.1, -0.05) is 0 Å². The summed E-state index contributed by atoms with van der Waals surface area (Å²) in [7, 11) is 3.19. The number of ketones is 3. The van der Waals surface area contributed by atoms with Gasteiger partial charge in [0, 0.05) is 38.5 Å². The van der Waals surface area contributed by atoms with Gasteiger partial charge in [0.15, 0.2) is 5.78 Å². The molecule has 0 bridgehead atoms. The van der Waals surface area contributed by atoms with E-state index < -0.39 is 143 Å². The summed E-state index contributed by atoms with van der Waals surface area (Å²) in [4.78, 5) is 148. The Bertz CT molecular complexity index is 1300. The van der Waals surface area contributed by atoms with Gasteiger partial charge in [-0.3, -0.25) is 53.0 Å². The van der Waals surface area contributed by atoms with Gasteiger partial charge in [-0.25, -0.2) is 5.43 Å². The number of aldehydes is 2. The molecule has 0 saturated carbocycles. The SMILES string of the molecule is COC(=O)CN(CC=O)C(=O)CCC(=O)CNN(CC(=O)CCC(=O)N(CC=O)CC(=O)OC)C(=O)CN(CC(=O)OC)C(=O)CCC(=O)CN. The number of hydrogen-bond acceptors (Lipinski definition) is 17. The van der Waals surface area contributed by atoms with Crippen molar-refractivity contribution in [1.82, 2.24) is 25.1 Å². The fraction of sp³-hybridized carbons (Fsp3) is 0.600. The first kappa shape index (κ1) is 45.6. The molecule has 0 fully saturated rings. The van der Waals surface area contributed by atoms with E-state index in [2.05, 4.69) is 19.6 Å². The molecule has 0 aliphatic carbocycles. The van der Waals surface area contributed by atoms with E-state index in [0.29, 0.717) is 17.6 Å².